The van der Waals surface area contributed by atoms with Gasteiger partial charge in [-0.05, 0) is 18.1 Å². The van der Waals surface area contributed by atoms with E-state index >= 15 is 0 Å². The van der Waals surface area contributed by atoms with Gasteiger partial charge in [-0.3, -0.25) is 9.59 Å². The van der Waals surface area contributed by atoms with Crippen LogP contribution < -0.4 is 4.74 Å². The van der Waals surface area contributed by atoms with Crippen molar-refractivity contribution in [1.82, 2.24) is 19.6 Å². The highest BCUT2D eigenvalue weighted by atomic mass is 32.2. The van der Waals surface area contributed by atoms with E-state index in [1.807, 2.05) is 42.5 Å². The van der Waals surface area contributed by atoms with Crippen LogP contribution in [0.3, 0.4) is 0 Å². The number of ether oxygens (including phenoxy) is 1. The summed E-state index contributed by atoms with van der Waals surface area (Å²) in [4.78, 5) is 34.3. The molecule has 0 unspecified atom stereocenters. The zero-order valence-corrected chi connectivity index (χ0v) is 18.2. The highest BCUT2D eigenvalue weighted by molar-refractivity contribution is 7.99. The number of carbonyl (C=O) groups excluding carboxylic acids is 2. The van der Waals surface area contributed by atoms with Gasteiger partial charge in [-0.15, -0.1) is 5.10 Å². The molecular formula is C24H20N4O3S. The number of thioether (sulfide) groups is 1. The molecule has 0 aliphatic heterocycles. The number of rotatable bonds is 6. The Morgan fingerprint density at radius 2 is 1.88 bits per heavy atom. The summed E-state index contributed by atoms with van der Waals surface area (Å²) in [5.74, 6) is 1.47. The molecule has 8 heteroatoms. The molecule has 0 radical (unpaired) electrons. The van der Waals surface area contributed by atoms with E-state index in [-0.39, 0.29) is 23.2 Å². The van der Waals surface area contributed by atoms with Crippen molar-refractivity contribution >= 4 is 29.1 Å². The number of ketones is 2. The van der Waals surface area contributed by atoms with Crippen LogP contribution in [-0.4, -0.2) is 44.0 Å². The van der Waals surface area contributed by atoms with Gasteiger partial charge in [-0.1, -0.05) is 60.3 Å². The van der Waals surface area contributed by atoms with Crippen molar-refractivity contribution in [2.45, 2.75) is 23.9 Å². The van der Waals surface area contributed by atoms with Crippen LogP contribution in [0.25, 0.3) is 5.78 Å². The maximum atomic E-state index is 12.9. The normalized spacial score (nSPS) is 15.5. The van der Waals surface area contributed by atoms with E-state index < -0.39 is 0 Å². The number of carbonyl (C=O) groups is 2. The third kappa shape index (κ3) is 3.89. The Morgan fingerprint density at radius 3 is 2.69 bits per heavy atom. The van der Waals surface area contributed by atoms with Gasteiger partial charge in [0.1, 0.15) is 5.75 Å². The molecule has 1 atom stereocenters. The lowest BCUT2D eigenvalue weighted by molar-refractivity contribution is 0.0961. The van der Waals surface area contributed by atoms with Crippen molar-refractivity contribution in [1.29, 1.82) is 0 Å². The molecule has 4 aromatic rings. The van der Waals surface area contributed by atoms with E-state index in [4.69, 9.17) is 4.74 Å². The van der Waals surface area contributed by atoms with Crippen molar-refractivity contribution < 1.29 is 14.3 Å². The Balaban J connectivity index is 1.38. The monoisotopic (exact) mass is 444 g/mol. The van der Waals surface area contributed by atoms with Crippen molar-refractivity contribution in [3.63, 3.8) is 0 Å². The van der Waals surface area contributed by atoms with E-state index in [2.05, 4.69) is 15.1 Å². The third-order valence-electron chi connectivity index (χ3n) is 5.57. The van der Waals surface area contributed by atoms with Crippen molar-refractivity contribution in [2.75, 3.05) is 12.9 Å². The number of fused-ring (bicyclic) bond motifs is 2. The number of aromatic nitrogens is 4. The molecule has 0 spiro atoms. The number of methoxy groups -OCH3 is 1. The Kier molecular flexibility index (Phi) is 5.45. The average molecular weight is 445 g/mol. The molecule has 1 aliphatic carbocycles. The molecule has 0 fully saturated rings. The molecule has 2 heterocycles. The summed E-state index contributed by atoms with van der Waals surface area (Å²) in [6.07, 6.45) is 2.72. The maximum Gasteiger partial charge on any atom is 0.253 e. The summed E-state index contributed by atoms with van der Waals surface area (Å²) in [5.41, 5.74) is 2.96. The number of nitrogens with zero attached hydrogens (tertiary/aromatic N) is 4. The Bertz CT molecular complexity index is 1320. The molecule has 32 heavy (non-hydrogen) atoms. The zero-order valence-electron chi connectivity index (χ0n) is 17.4. The van der Waals surface area contributed by atoms with E-state index in [0.29, 0.717) is 40.6 Å². The second-order valence-corrected chi connectivity index (χ2v) is 8.53. The molecular weight excluding hydrogens is 424 g/mol. The lowest BCUT2D eigenvalue weighted by Crippen LogP contribution is -2.21. The van der Waals surface area contributed by atoms with Gasteiger partial charge in [0, 0.05) is 24.1 Å². The molecule has 0 saturated carbocycles. The van der Waals surface area contributed by atoms with Crippen molar-refractivity contribution in [3.8, 4) is 5.75 Å². The number of para-hydroxylation sites is 1. The third-order valence-corrected chi connectivity index (χ3v) is 6.41. The minimum atomic E-state index is 0.00126. The number of benzene rings is 2. The summed E-state index contributed by atoms with van der Waals surface area (Å²) < 4.78 is 7.01. The van der Waals surface area contributed by atoms with Gasteiger partial charge in [0.2, 0.25) is 5.16 Å². The molecule has 0 bridgehead atoms. The smallest absolute Gasteiger partial charge is 0.253 e. The van der Waals surface area contributed by atoms with Crippen LogP contribution in [0.4, 0.5) is 0 Å². The predicted octanol–water partition coefficient (Wildman–Crippen LogP) is 4.02. The van der Waals surface area contributed by atoms with Crippen LogP contribution in [0, 0.1) is 0 Å². The zero-order chi connectivity index (χ0) is 22.1. The summed E-state index contributed by atoms with van der Waals surface area (Å²) in [5, 5.41) is 4.86. The van der Waals surface area contributed by atoms with Gasteiger partial charge in [0.15, 0.2) is 11.6 Å². The van der Waals surface area contributed by atoms with Gasteiger partial charge in [0.05, 0.1) is 24.1 Å². The molecule has 2 aromatic heterocycles. The Labute approximate surface area is 188 Å². The first-order valence-corrected chi connectivity index (χ1v) is 11.2. The SMILES string of the molecule is COc1ccccc1[C@H]1CC(=O)c2cn3nc(SCC(=O)c4ccccc4)nc3nc2C1. The Hall–Kier alpha value is -3.52. The van der Waals surface area contributed by atoms with Crippen LogP contribution in [0.1, 0.15) is 44.3 Å². The fourth-order valence-electron chi connectivity index (χ4n) is 3.99. The molecule has 0 N–H and O–H groups in total. The highest BCUT2D eigenvalue weighted by Gasteiger charge is 2.30. The molecule has 0 amide bonds. The molecule has 0 saturated heterocycles. The summed E-state index contributed by atoms with van der Waals surface area (Å²) in [7, 11) is 1.64. The second kappa shape index (κ2) is 8.55. The van der Waals surface area contributed by atoms with Crippen molar-refractivity contribution in [3.05, 3.63) is 83.2 Å². The van der Waals surface area contributed by atoms with Crippen LogP contribution in [0.2, 0.25) is 0 Å². The van der Waals surface area contributed by atoms with Gasteiger partial charge in [0.25, 0.3) is 5.78 Å². The van der Waals surface area contributed by atoms with E-state index in [0.717, 1.165) is 11.3 Å². The lowest BCUT2D eigenvalue weighted by atomic mass is 9.82. The van der Waals surface area contributed by atoms with E-state index in [9.17, 15) is 9.59 Å². The standard InChI is InChI=1S/C24H20N4O3S/c1-31-22-10-6-5-9-17(22)16-11-19-18(20(29)12-16)13-28-23(25-19)26-24(27-28)32-14-21(30)15-7-3-2-4-8-15/h2-10,13,16H,11-12,14H2,1H3/t16-/m1/s1. The fourth-order valence-corrected chi connectivity index (χ4v) is 4.71. The minimum Gasteiger partial charge on any atom is -0.496 e. The van der Waals surface area contributed by atoms with Crippen LogP contribution in [-0.2, 0) is 6.42 Å². The Morgan fingerprint density at radius 1 is 1.09 bits per heavy atom. The fraction of sp³-hybridized carbons (Fsp3) is 0.208. The highest BCUT2D eigenvalue weighted by Crippen LogP contribution is 2.36. The first kappa shape index (κ1) is 20.4. The molecule has 1 aliphatic rings. The van der Waals surface area contributed by atoms with Crippen LogP contribution in [0.15, 0.2) is 66.0 Å². The summed E-state index contributed by atoms with van der Waals surface area (Å²) in [6.45, 7) is 0. The van der Waals surface area contributed by atoms with Gasteiger partial charge in [-0.2, -0.15) is 4.98 Å². The first-order chi connectivity index (χ1) is 15.6. The molecule has 160 valence electrons. The largest absolute Gasteiger partial charge is 0.496 e. The van der Waals surface area contributed by atoms with Gasteiger partial charge < -0.3 is 4.74 Å². The average Bonchev–Trinajstić information content (AvgIpc) is 3.23. The minimum absolute atomic E-state index is 0.00126. The lowest BCUT2D eigenvalue weighted by Gasteiger charge is -2.24. The molecule has 7 nitrogen and oxygen atoms in total. The van der Waals surface area contributed by atoms with Crippen LogP contribution in [0.5, 0.6) is 5.75 Å². The summed E-state index contributed by atoms with van der Waals surface area (Å²) >= 11 is 1.26. The number of hydrogen-bond acceptors (Lipinski definition) is 7. The van der Waals surface area contributed by atoms with E-state index in [1.165, 1.54) is 16.3 Å². The van der Waals surface area contributed by atoms with Crippen molar-refractivity contribution in [2.24, 2.45) is 0 Å². The topological polar surface area (TPSA) is 86.5 Å². The number of hydrogen-bond donors (Lipinski definition) is 0. The summed E-state index contributed by atoms with van der Waals surface area (Å²) in [6, 6.07) is 16.9. The second-order valence-electron chi connectivity index (χ2n) is 7.59. The quantitative estimate of drug-likeness (QED) is 0.328. The number of Topliss-reactive ketones (excluding diaryl/α,β-unsaturated/α-hetero) is 2. The van der Waals surface area contributed by atoms with Gasteiger partial charge in [-0.25, -0.2) is 9.50 Å². The predicted molar refractivity (Wildman–Crippen MR) is 121 cm³/mol. The maximum absolute atomic E-state index is 12.9. The molecule has 5 rings (SSSR count). The van der Waals surface area contributed by atoms with Gasteiger partial charge >= 0.3 is 0 Å². The first-order valence-electron chi connectivity index (χ1n) is 10.3. The van der Waals surface area contributed by atoms with E-state index in [1.54, 1.807) is 25.4 Å². The molecule has 2 aromatic carbocycles. The van der Waals surface area contributed by atoms with Crippen LogP contribution >= 0.6 is 11.8 Å².